The van der Waals surface area contributed by atoms with Crippen molar-refractivity contribution < 1.29 is 9.53 Å². The van der Waals surface area contributed by atoms with Crippen molar-refractivity contribution in [1.82, 2.24) is 4.90 Å². The van der Waals surface area contributed by atoms with Crippen LogP contribution in [0.5, 0.6) is 0 Å². The van der Waals surface area contributed by atoms with Gasteiger partial charge in [0.15, 0.2) is 0 Å². The van der Waals surface area contributed by atoms with Crippen LogP contribution in [0.4, 0.5) is 0 Å². The molecule has 3 rings (SSSR count). The lowest BCUT2D eigenvalue weighted by Gasteiger charge is -2.23. The summed E-state index contributed by atoms with van der Waals surface area (Å²) in [7, 11) is 0. The summed E-state index contributed by atoms with van der Waals surface area (Å²) in [6, 6.07) is 13.8. The zero-order valence-electron chi connectivity index (χ0n) is 15.6. The van der Waals surface area contributed by atoms with E-state index in [1.165, 1.54) is 22.3 Å². The van der Waals surface area contributed by atoms with Gasteiger partial charge in [0.25, 0.3) is 0 Å². The minimum absolute atomic E-state index is 0.234. The van der Waals surface area contributed by atoms with Gasteiger partial charge in [0.2, 0.25) is 0 Å². The molecule has 0 spiro atoms. The van der Waals surface area contributed by atoms with Crippen LogP contribution in [-0.4, -0.2) is 49.6 Å². The topological polar surface area (TPSA) is 108 Å². The molecule has 0 bridgehead atoms. The molecule has 0 saturated carbocycles. The molecule has 2 aromatic rings. The van der Waals surface area contributed by atoms with E-state index in [2.05, 4.69) is 24.3 Å². The third-order valence-electron chi connectivity index (χ3n) is 4.97. The molecule has 6 heteroatoms. The van der Waals surface area contributed by atoms with Crippen molar-refractivity contribution in [2.75, 3.05) is 32.7 Å². The van der Waals surface area contributed by atoms with Gasteiger partial charge in [-0.15, -0.1) is 0 Å². The number of nitrogens with zero attached hydrogens (tertiary/aromatic N) is 1. The number of carbonyl (C=O) groups excluding carboxylic acids is 1. The summed E-state index contributed by atoms with van der Waals surface area (Å²) in [5, 5.41) is 0. The number of benzene rings is 2. The average molecular weight is 368 g/mol. The van der Waals surface area contributed by atoms with Crippen LogP contribution in [0.25, 0.3) is 11.1 Å². The number of rotatable bonds is 9. The van der Waals surface area contributed by atoms with E-state index in [0.717, 1.165) is 12.0 Å². The SMILES string of the molecule is NCCN(CCN)CC(N)C(=O)OCc1cccc2c1Cc1ccccc1-2. The lowest BCUT2D eigenvalue weighted by molar-refractivity contribution is -0.147. The van der Waals surface area contributed by atoms with E-state index in [-0.39, 0.29) is 6.61 Å². The van der Waals surface area contributed by atoms with Gasteiger partial charge >= 0.3 is 5.97 Å². The summed E-state index contributed by atoms with van der Waals surface area (Å²) in [6.07, 6.45) is 0.867. The van der Waals surface area contributed by atoms with E-state index in [9.17, 15) is 4.79 Å². The van der Waals surface area contributed by atoms with Crippen molar-refractivity contribution in [3.8, 4) is 11.1 Å². The maximum absolute atomic E-state index is 12.3. The summed E-state index contributed by atoms with van der Waals surface area (Å²) in [6.45, 7) is 2.94. The van der Waals surface area contributed by atoms with E-state index in [4.69, 9.17) is 21.9 Å². The molecule has 6 N–H and O–H groups in total. The molecule has 1 aliphatic rings. The first-order chi connectivity index (χ1) is 13.1. The summed E-state index contributed by atoms with van der Waals surface area (Å²) in [5.41, 5.74) is 23.3. The van der Waals surface area contributed by atoms with Gasteiger partial charge in [-0.05, 0) is 34.2 Å². The van der Waals surface area contributed by atoms with Crippen molar-refractivity contribution >= 4 is 5.97 Å². The zero-order chi connectivity index (χ0) is 19.2. The van der Waals surface area contributed by atoms with E-state index >= 15 is 0 Å². The number of hydrogen-bond acceptors (Lipinski definition) is 6. The Kier molecular flexibility index (Phi) is 6.58. The summed E-state index contributed by atoms with van der Waals surface area (Å²) >= 11 is 0. The van der Waals surface area contributed by atoms with Gasteiger partial charge < -0.3 is 21.9 Å². The molecule has 2 aromatic carbocycles. The second kappa shape index (κ2) is 9.10. The highest BCUT2D eigenvalue weighted by atomic mass is 16.5. The number of carbonyl (C=O) groups is 1. The van der Waals surface area contributed by atoms with Crippen LogP contribution in [0.2, 0.25) is 0 Å². The predicted molar refractivity (Wildman–Crippen MR) is 107 cm³/mol. The Morgan fingerprint density at radius 1 is 1.04 bits per heavy atom. The van der Waals surface area contributed by atoms with Crippen molar-refractivity contribution in [2.45, 2.75) is 19.1 Å². The molecule has 1 atom stereocenters. The molecule has 27 heavy (non-hydrogen) atoms. The second-order valence-electron chi connectivity index (χ2n) is 6.87. The molecular formula is C21H28N4O2. The lowest BCUT2D eigenvalue weighted by Crippen LogP contribution is -2.46. The number of esters is 1. The monoisotopic (exact) mass is 368 g/mol. The smallest absolute Gasteiger partial charge is 0.324 e. The minimum atomic E-state index is -0.711. The first-order valence-electron chi connectivity index (χ1n) is 9.37. The summed E-state index contributed by atoms with van der Waals surface area (Å²) < 4.78 is 5.52. The van der Waals surface area contributed by atoms with Crippen LogP contribution in [-0.2, 0) is 22.6 Å². The number of hydrogen-bond donors (Lipinski definition) is 3. The van der Waals surface area contributed by atoms with Gasteiger partial charge in [0, 0.05) is 32.7 Å². The van der Waals surface area contributed by atoms with Gasteiger partial charge in [-0.2, -0.15) is 0 Å². The van der Waals surface area contributed by atoms with Crippen LogP contribution >= 0.6 is 0 Å². The molecule has 0 amide bonds. The Labute approximate surface area is 160 Å². The van der Waals surface area contributed by atoms with Gasteiger partial charge in [-0.25, -0.2) is 0 Å². The average Bonchev–Trinajstić information content (AvgIpc) is 3.05. The van der Waals surface area contributed by atoms with Crippen molar-refractivity contribution in [3.63, 3.8) is 0 Å². The van der Waals surface area contributed by atoms with Gasteiger partial charge in [0.05, 0.1) is 0 Å². The predicted octanol–water partition coefficient (Wildman–Crippen LogP) is 0.848. The van der Waals surface area contributed by atoms with Crippen molar-refractivity contribution in [2.24, 2.45) is 17.2 Å². The Morgan fingerprint density at radius 3 is 2.48 bits per heavy atom. The van der Waals surface area contributed by atoms with E-state index in [1.807, 2.05) is 23.1 Å². The van der Waals surface area contributed by atoms with Crippen LogP contribution < -0.4 is 17.2 Å². The molecule has 0 aliphatic heterocycles. The first-order valence-corrected chi connectivity index (χ1v) is 9.37. The summed E-state index contributed by atoms with van der Waals surface area (Å²) in [5.74, 6) is -0.401. The third kappa shape index (κ3) is 4.54. The first kappa shape index (κ1) is 19.5. The maximum Gasteiger partial charge on any atom is 0.324 e. The Bertz CT molecular complexity index is 788. The van der Waals surface area contributed by atoms with Crippen molar-refractivity contribution in [1.29, 1.82) is 0 Å². The van der Waals surface area contributed by atoms with Crippen LogP contribution in [0, 0.1) is 0 Å². The molecule has 144 valence electrons. The van der Waals surface area contributed by atoms with Crippen LogP contribution in [0.15, 0.2) is 42.5 Å². The Balaban J connectivity index is 1.62. The highest BCUT2D eigenvalue weighted by Crippen LogP contribution is 2.38. The molecule has 0 radical (unpaired) electrons. The fourth-order valence-electron chi connectivity index (χ4n) is 3.63. The number of ether oxygens (including phenoxy) is 1. The van der Waals surface area contributed by atoms with E-state index in [0.29, 0.717) is 32.7 Å². The third-order valence-corrected chi connectivity index (χ3v) is 4.97. The largest absolute Gasteiger partial charge is 0.460 e. The quantitative estimate of drug-likeness (QED) is 0.483. The fraction of sp³-hybridized carbons (Fsp3) is 0.381. The highest BCUT2D eigenvalue weighted by Gasteiger charge is 2.22. The molecule has 1 aliphatic carbocycles. The molecule has 0 saturated heterocycles. The fourth-order valence-corrected chi connectivity index (χ4v) is 3.63. The second-order valence-corrected chi connectivity index (χ2v) is 6.87. The van der Waals surface area contributed by atoms with Gasteiger partial charge in [-0.3, -0.25) is 9.69 Å². The Morgan fingerprint density at radius 2 is 1.74 bits per heavy atom. The van der Waals surface area contributed by atoms with E-state index in [1.54, 1.807) is 0 Å². The van der Waals surface area contributed by atoms with Crippen LogP contribution in [0.1, 0.15) is 16.7 Å². The summed E-state index contributed by atoms with van der Waals surface area (Å²) in [4.78, 5) is 14.3. The molecule has 0 fully saturated rings. The molecule has 0 aromatic heterocycles. The molecule has 0 heterocycles. The van der Waals surface area contributed by atoms with E-state index < -0.39 is 12.0 Å². The highest BCUT2D eigenvalue weighted by molar-refractivity contribution is 5.78. The standard InChI is InChI=1S/C21H28N4O2/c22-8-10-25(11-9-23)13-20(24)21(26)27-14-16-5-3-7-18-17-6-2-1-4-15(17)12-19(16)18/h1-7,20H,8-14,22-24H2. The zero-order valence-corrected chi connectivity index (χ0v) is 15.6. The molecule has 1 unspecified atom stereocenters. The molecule has 6 nitrogen and oxygen atoms in total. The maximum atomic E-state index is 12.3. The van der Waals surface area contributed by atoms with Gasteiger partial charge in [0.1, 0.15) is 12.6 Å². The lowest BCUT2D eigenvalue weighted by atomic mass is 10.0. The number of nitrogens with two attached hydrogens (primary N) is 3. The minimum Gasteiger partial charge on any atom is -0.460 e. The van der Waals surface area contributed by atoms with Gasteiger partial charge in [-0.1, -0.05) is 42.5 Å². The number of fused-ring (bicyclic) bond motifs is 3. The Hall–Kier alpha value is -2.25. The van der Waals surface area contributed by atoms with Crippen molar-refractivity contribution in [3.05, 3.63) is 59.2 Å². The van der Waals surface area contributed by atoms with Crippen LogP contribution in [0.3, 0.4) is 0 Å². The molecular weight excluding hydrogens is 340 g/mol. The normalized spacial score (nSPS) is 13.3.